The number of benzene rings is 1. The van der Waals surface area contributed by atoms with Gasteiger partial charge in [0.05, 0.1) is 6.04 Å². The Bertz CT molecular complexity index is 345. The zero-order valence-corrected chi connectivity index (χ0v) is 10.2. The monoisotopic (exact) mass is 220 g/mol. The summed E-state index contributed by atoms with van der Waals surface area (Å²) < 4.78 is 0. The van der Waals surface area contributed by atoms with Crippen LogP contribution in [0, 0.1) is 6.92 Å². The van der Waals surface area contributed by atoms with Crippen LogP contribution < -0.4 is 10.6 Å². The van der Waals surface area contributed by atoms with Gasteiger partial charge in [0, 0.05) is 12.2 Å². The second kappa shape index (κ2) is 5.66. The first-order valence-corrected chi connectivity index (χ1v) is 5.73. The van der Waals surface area contributed by atoms with Crippen molar-refractivity contribution < 1.29 is 4.79 Å². The van der Waals surface area contributed by atoms with E-state index in [1.165, 1.54) is 5.56 Å². The topological polar surface area (TPSA) is 46.3 Å². The van der Waals surface area contributed by atoms with Crippen molar-refractivity contribution in [3.8, 4) is 0 Å². The Morgan fingerprint density at radius 3 is 2.31 bits per heavy atom. The third kappa shape index (κ3) is 2.83. The first-order chi connectivity index (χ1) is 7.60. The van der Waals surface area contributed by atoms with Crippen molar-refractivity contribution in [2.45, 2.75) is 33.2 Å². The van der Waals surface area contributed by atoms with E-state index in [0.29, 0.717) is 13.0 Å². The van der Waals surface area contributed by atoms with Gasteiger partial charge in [-0.05, 0) is 32.4 Å². The van der Waals surface area contributed by atoms with Crippen molar-refractivity contribution in [3.63, 3.8) is 0 Å². The maximum atomic E-state index is 12.0. The summed E-state index contributed by atoms with van der Waals surface area (Å²) in [5.41, 5.74) is 7.87. The van der Waals surface area contributed by atoms with Gasteiger partial charge < -0.3 is 10.6 Å². The molecule has 0 spiro atoms. The molecule has 0 radical (unpaired) electrons. The normalized spacial score (nSPS) is 12.2. The standard InChI is InChI=1S/C13H20N2O/c1-4-12(14)13(16)15(5-2)11-8-6-10(3)7-9-11/h6-9,12H,4-5,14H2,1-3H3/t12-/m1/s1. The first-order valence-electron chi connectivity index (χ1n) is 5.73. The number of likely N-dealkylation sites (N-methyl/N-ethyl adjacent to an activating group) is 1. The molecule has 0 saturated carbocycles. The molecule has 1 rings (SSSR count). The molecule has 16 heavy (non-hydrogen) atoms. The van der Waals surface area contributed by atoms with Gasteiger partial charge in [0.25, 0.3) is 0 Å². The van der Waals surface area contributed by atoms with Gasteiger partial charge in [-0.1, -0.05) is 24.6 Å². The van der Waals surface area contributed by atoms with E-state index in [9.17, 15) is 4.79 Å². The predicted molar refractivity (Wildman–Crippen MR) is 67.5 cm³/mol. The van der Waals surface area contributed by atoms with E-state index >= 15 is 0 Å². The summed E-state index contributed by atoms with van der Waals surface area (Å²) in [4.78, 5) is 13.7. The van der Waals surface area contributed by atoms with Crippen LogP contribution in [-0.4, -0.2) is 18.5 Å². The molecular weight excluding hydrogens is 200 g/mol. The SMILES string of the molecule is CC[C@@H](N)C(=O)N(CC)c1ccc(C)cc1. The van der Waals surface area contributed by atoms with E-state index < -0.39 is 6.04 Å². The Labute approximate surface area is 97.2 Å². The van der Waals surface area contributed by atoms with Crippen molar-refractivity contribution in [1.82, 2.24) is 0 Å². The summed E-state index contributed by atoms with van der Waals surface area (Å²) in [6.45, 7) is 6.56. The van der Waals surface area contributed by atoms with Crippen molar-refractivity contribution in [2.75, 3.05) is 11.4 Å². The molecule has 0 bridgehead atoms. The van der Waals surface area contributed by atoms with Gasteiger partial charge >= 0.3 is 0 Å². The van der Waals surface area contributed by atoms with Crippen LogP contribution in [0.25, 0.3) is 0 Å². The summed E-state index contributed by atoms with van der Waals surface area (Å²) in [7, 11) is 0. The second-order valence-corrected chi connectivity index (χ2v) is 3.93. The lowest BCUT2D eigenvalue weighted by molar-refractivity contribution is -0.119. The highest BCUT2D eigenvalue weighted by atomic mass is 16.2. The lowest BCUT2D eigenvalue weighted by Crippen LogP contribution is -2.43. The molecule has 1 amide bonds. The van der Waals surface area contributed by atoms with Gasteiger partial charge in [-0.2, -0.15) is 0 Å². The number of aryl methyl sites for hydroxylation is 1. The van der Waals surface area contributed by atoms with E-state index in [4.69, 9.17) is 5.73 Å². The van der Waals surface area contributed by atoms with Crippen LogP contribution in [0.15, 0.2) is 24.3 Å². The fourth-order valence-electron chi connectivity index (χ4n) is 1.57. The maximum absolute atomic E-state index is 12.0. The van der Waals surface area contributed by atoms with Gasteiger partial charge in [-0.25, -0.2) is 0 Å². The Balaban J connectivity index is 2.90. The van der Waals surface area contributed by atoms with Crippen LogP contribution in [0.5, 0.6) is 0 Å². The summed E-state index contributed by atoms with van der Waals surface area (Å²) >= 11 is 0. The highest BCUT2D eigenvalue weighted by molar-refractivity contribution is 5.96. The van der Waals surface area contributed by atoms with Gasteiger partial charge in [0.2, 0.25) is 5.91 Å². The number of carbonyl (C=O) groups excluding carboxylic acids is 1. The van der Waals surface area contributed by atoms with Crippen molar-refractivity contribution in [3.05, 3.63) is 29.8 Å². The van der Waals surface area contributed by atoms with E-state index in [2.05, 4.69) is 0 Å². The molecular formula is C13H20N2O. The number of carbonyl (C=O) groups is 1. The molecule has 1 aromatic rings. The molecule has 1 aromatic carbocycles. The van der Waals surface area contributed by atoms with Crippen LogP contribution in [0.3, 0.4) is 0 Å². The van der Waals surface area contributed by atoms with E-state index in [0.717, 1.165) is 5.69 Å². The molecule has 0 fully saturated rings. The van der Waals surface area contributed by atoms with Crippen LogP contribution in [0.2, 0.25) is 0 Å². The molecule has 0 aliphatic heterocycles. The molecule has 0 unspecified atom stereocenters. The third-order valence-electron chi connectivity index (χ3n) is 2.68. The van der Waals surface area contributed by atoms with Gasteiger partial charge in [-0.15, -0.1) is 0 Å². The smallest absolute Gasteiger partial charge is 0.243 e. The van der Waals surface area contributed by atoms with E-state index in [1.807, 2.05) is 45.0 Å². The Morgan fingerprint density at radius 2 is 1.88 bits per heavy atom. The largest absolute Gasteiger partial charge is 0.320 e. The van der Waals surface area contributed by atoms with E-state index in [-0.39, 0.29) is 5.91 Å². The Kier molecular flexibility index (Phi) is 4.50. The van der Waals surface area contributed by atoms with Gasteiger partial charge in [-0.3, -0.25) is 4.79 Å². The summed E-state index contributed by atoms with van der Waals surface area (Å²) in [5.74, 6) is -0.00569. The number of hydrogen-bond acceptors (Lipinski definition) is 2. The van der Waals surface area contributed by atoms with Crippen molar-refractivity contribution in [2.24, 2.45) is 5.73 Å². The molecule has 2 N–H and O–H groups in total. The molecule has 1 atom stereocenters. The average molecular weight is 220 g/mol. The quantitative estimate of drug-likeness (QED) is 0.844. The number of amides is 1. The lowest BCUT2D eigenvalue weighted by Gasteiger charge is -2.24. The number of rotatable bonds is 4. The lowest BCUT2D eigenvalue weighted by atomic mass is 10.1. The van der Waals surface area contributed by atoms with E-state index in [1.54, 1.807) is 4.90 Å². The van der Waals surface area contributed by atoms with Crippen LogP contribution >= 0.6 is 0 Å². The summed E-state index contributed by atoms with van der Waals surface area (Å²) in [6.07, 6.45) is 0.668. The minimum Gasteiger partial charge on any atom is -0.320 e. The van der Waals surface area contributed by atoms with Crippen LogP contribution in [-0.2, 0) is 4.79 Å². The van der Waals surface area contributed by atoms with Crippen LogP contribution in [0.4, 0.5) is 5.69 Å². The minimum atomic E-state index is -0.402. The number of anilines is 1. The number of hydrogen-bond donors (Lipinski definition) is 1. The average Bonchev–Trinajstić information content (AvgIpc) is 2.31. The Hall–Kier alpha value is -1.35. The summed E-state index contributed by atoms with van der Waals surface area (Å²) in [6, 6.07) is 7.52. The third-order valence-corrected chi connectivity index (χ3v) is 2.68. The van der Waals surface area contributed by atoms with Crippen molar-refractivity contribution in [1.29, 1.82) is 0 Å². The van der Waals surface area contributed by atoms with Gasteiger partial charge in [0.15, 0.2) is 0 Å². The highest BCUT2D eigenvalue weighted by Gasteiger charge is 2.19. The van der Waals surface area contributed by atoms with Crippen LogP contribution in [0.1, 0.15) is 25.8 Å². The molecule has 0 heterocycles. The molecule has 0 saturated heterocycles. The molecule has 3 nitrogen and oxygen atoms in total. The van der Waals surface area contributed by atoms with Crippen molar-refractivity contribution >= 4 is 11.6 Å². The zero-order chi connectivity index (χ0) is 12.1. The second-order valence-electron chi connectivity index (χ2n) is 3.93. The fraction of sp³-hybridized carbons (Fsp3) is 0.462. The Morgan fingerprint density at radius 1 is 1.31 bits per heavy atom. The highest BCUT2D eigenvalue weighted by Crippen LogP contribution is 2.16. The first kappa shape index (κ1) is 12.7. The summed E-state index contributed by atoms with van der Waals surface area (Å²) in [5, 5.41) is 0. The molecule has 0 aliphatic rings. The minimum absolute atomic E-state index is 0.00569. The number of nitrogens with zero attached hydrogens (tertiary/aromatic N) is 1. The predicted octanol–water partition coefficient (Wildman–Crippen LogP) is 2.09. The molecule has 0 aliphatic carbocycles. The zero-order valence-electron chi connectivity index (χ0n) is 10.2. The molecule has 0 aromatic heterocycles. The maximum Gasteiger partial charge on any atom is 0.243 e. The fourth-order valence-corrected chi connectivity index (χ4v) is 1.57. The molecule has 3 heteroatoms. The van der Waals surface area contributed by atoms with Gasteiger partial charge in [0.1, 0.15) is 0 Å². The number of nitrogens with two attached hydrogens (primary N) is 1. The molecule has 88 valence electrons.